The number of carbonyl (C=O) groups is 2. The zero-order valence-corrected chi connectivity index (χ0v) is 17.9. The maximum absolute atomic E-state index is 13.4. The monoisotopic (exact) mass is 401 g/mol. The van der Waals surface area contributed by atoms with E-state index in [9.17, 15) is 9.59 Å². The van der Waals surface area contributed by atoms with E-state index < -0.39 is 0 Å². The minimum atomic E-state index is -0.382. The molecular formula is C25H27N3O2. The lowest BCUT2D eigenvalue weighted by Gasteiger charge is -2.36. The molecule has 2 N–H and O–H groups in total. The van der Waals surface area contributed by atoms with Crippen LogP contribution >= 0.6 is 0 Å². The van der Waals surface area contributed by atoms with E-state index in [1.54, 1.807) is 12.3 Å². The largest absolute Gasteiger partial charge is 0.362 e. The molecule has 5 heteroatoms. The fraction of sp³-hybridized carbons (Fsp3) is 0.320. The van der Waals surface area contributed by atoms with E-state index in [0.29, 0.717) is 23.7 Å². The van der Waals surface area contributed by atoms with Gasteiger partial charge in [-0.2, -0.15) is 0 Å². The summed E-state index contributed by atoms with van der Waals surface area (Å²) < 4.78 is 0. The van der Waals surface area contributed by atoms with Gasteiger partial charge in [0, 0.05) is 41.1 Å². The first-order valence-electron chi connectivity index (χ1n) is 10.4. The molecule has 1 aromatic heterocycles. The van der Waals surface area contributed by atoms with Crippen molar-refractivity contribution >= 4 is 17.5 Å². The minimum absolute atomic E-state index is 0.121. The molecule has 0 fully saturated rings. The Balaban J connectivity index is 1.80. The molecule has 5 nitrogen and oxygen atoms in total. The summed E-state index contributed by atoms with van der Waals surface area (Å²) in [6.07, 6.45) is 3.05. The number of pyridine rings is 1. The molecule has 2 aromatic rings. The first-order chi connectivity index (χ1) is 14.3. The highest BCUT2D eigenvalue weighted by molar-refractivity contribution is 6.09. The quantitative estimate of drug-likeness (QED) is 0.791. The Kier molecular flexibility index (Phi) is 5.29. The number of nitrogens with one attached hydrogen (secondary N) is 2. The molecule has 1 aromatic carbocycles. The van der Waals surface area contributed by atoms with Gasteiger partial charge < -0.3 is 10.6 Å². The number of amides is 1. The SMILES string of the molecule is CC1=C(C(=O)Nc2ccc(C)cn2)C(c2ccccc2C)C2=C(CC(C)CC2=O)N1. The van der Waals surface area contributed by atoms with Crippen molar-refractivity contribution in [3.8, 4) is 0 Å². The number of aromatic nitrogens is 1. The number of aryl methyl sites for hydroxylation is 2. The molecule has 4 rings (SSSR count). The lowest BCUT2D eigenvalue weighted by molar-refractivity contribution is -0.117. The summed E-state index contributed by atoms with van der Waals surface area (Å²) in [5.74, 6) is 0.297. The van der Waals surface area contributed by atoms with E-state index in [-0.39, 0.29) is 17.6 Å². The van der Waals surface area contributed by atoms with Gasteiger partial charge >= 0.3 is 0 Å². The van der Waals surface area contributed by atoms with Gasteiger partial charge in [0.05, 0.1) is 0 Å². The normalized spacial score (nSPS) is 21.3. The zero-order chi connectivity index (χ0) is 21.4. The summed E-state index contributed by atoms with van der Waals surface area (Å²) in [4.78, 5) is 30.9. The maximum atomic E-state index is 13.4. The standard InChI is InChI=1S/C25H27N3O2/c1-14-9-10-21(26-13-14)28-25(30)22-17(4)27-19-11-15(2)12-20(29)24(19)23(22)18-8-6-5-7-16(18)3/h5-10,13,15,23,27H,11-12H2,1-4H3,(H,26,28,30). The molecule has 1 aliphatic carbocycles. The maximum Gasteiger partial charge on any atom is 0.255 e. The summed E-state index contributed by atoms with van der Waals surface area (Å²) in [5.41, 5.74) is 6.13. The first kappa shape index (κ1) is 20.1. The van der Waals surface area contributed by atoms with Crippen LogP contribution in [0.2, 0.25) is 0 Å². The smallest absolute Gasteiger partial charge is 0.255 e. The van der Waals surface area contributed by atoms with Crippen LogP contribution in [0.5, 0.6) is 0 Å². The number of rotatable bonds is 3. The molecule has 0 saturated carbocycles. The molecule has 0 radical (unpaired) electrons. The van der Waals surface area contributed by atoms with Gasteiger partial charge in [-0.1, -0.05) is 37.3 Å². The topological polar surface area (TPSA) is 71.1 Å². The third-order valence-electron chi connectivity index (χ3n) is 5.93. The number of Topliss-reactive ketones (excluding diaryl/α,β-unsaturated/α-hetero) is 1. The third-order valence-corrected chi connectivity index (χ3v) is 5.93. The van der Waals surface area contributed by atoms with Crippen LogP contribution in [-0.4, -0.2) is 16.7 Å². The number of nitrogens with zero attached hydrogens (tertiary/aromatic N) is 1. The predicted octanol–water partition coefficient (Wildman–Crippen LogP) is 4.55. The molecule has 0 bridgehead atoms. The molecule has 2 unspecified atom stereocenters. The van der Waals surface area contributed by atoms with Crippen molar-refractivity contribution in [2.45, 2.75) is 46.5 Å². The molecule has 2 atom stereocenters. The molecule has 154 valence electrons. The van der Waals surface area contributed by atoms with Crippen LogP contribution in [0.4, 0.5) is 5.82 Å². The second-order valence-electron chi connectivity index (χ2n) is 8.46. The van der Waals surface area contributed by atoms with Crippen molar-refractivity contribution in [3.05, 3.63) is 81.8 Å². The zero-order valence-electron chi connectivity index (χ0n) is 17.9. The van der Waals surface area contributed by atoms with Crippen LogP contribution in [0.3, 0.4) is 0 Å². The van der Waals surface area contributed by atoms with Gasteiger partial charge in [-0.25, -0.2) is 4.98 Å². The molecule has 1 aliphatic heterocycles. The number of hydrogen-bond acceptors (Lipinski definition) is 4. The van der Waals surface area contributed by atoms with E-state index in [4.69, 9.17) is 0 Å². The Labute approximate surface area is 177 Å². The fourth-order valence-electron chi connectivity index (χ4n) is 4.48. The van der Waals surface area contributed by atoms with Crippen molar-refractivity contribution in [2.24, 2.45) is 5.92 Å². The van der Waals surface area contributed by atoms with Crippen molar-refractivity contribution < 1.29 is 9.59 Å². The number of dihydropyridines is 1. The summed E-state index contributed by atoms with van der Waals surface area (Å²) in [5, 5.41) is 6.31. The van der Waals surface area contributed by atoms with Gasteiger partial charge in [0.2, 0.25) is 0 Å². The van der Waals surface area contributed by atoms with Gasteiger partial charge in [0.25, 0.3) is 5.91 Å². The average Bonchev–Trinajstić information content (AvgIpc) is 2.68. The molecule has 2 heterocycles. The number of benzene rings is 1. The highest BCUT2D eigenvalue weighted by Gasteiger charge is 2.40. The number of anilines is 1. The lowest BCUT2D eigenvalue weighted by Crippen LogP contribution is -2.37. The summed E-state index contributed by atoms with van der Waals surface area (Å²) in [7, 11) is 0. The minimum Gasteiger partial charge on any atom is -0.362 e. The highest BCUT2D eigenvalue weighted by atomic mass is 16.2. The van der Waals surface area contributed by atoms with Crippen LogP contribution < -0.4 is 10.6 Å². The highest BCUT2D eigenvalue weighted by Crippen LogP contribution is 2.44. The fourth-order valence-corrected chi connectivity index (χ4v) is 4.48. The number of carbonyl (C=O) groups excluding carboxylic acids is 2. The van der Waals surface area contributed by atoms with E-state index in [1.165, 1.54) is 0 Å². The van der Waals surface area contributed by atoms with Crippen LogP contribution in [-0.2, 0) is 9.59 Å². The number of allylic oxidation sites excluding steroid dienone is 3. The molecule has 0 spiro atoms. The van der Waals surface area contributed by atoms with Gasteiger partial charge in [-0.05, 0) is 55.9 Å². The Hall–Kier alpha value is -3.21. The van der Waals surface area contributed by atoms with Crippen molar-refractivity contribution in [3.63, 3.8) is 0 Å². The van der Waals surface area contributed by atoms with Crippen LogP contribution in [0.1, 0.15) is 49.3 Å². The second-order valence-corrected chi connectivity index (χ2v) is 8.46. The van der Waals surface area contributed by atoms with E-state index >= 15 is 0 Å². The van der Waals surface area contributed by atoms with Crippen LogP contribution in [0.15, 0.2) is 65.1 Å². The predicted molar refractivity (Wildman–Crippen MR) is 118 cm³/mol. The average molecular weight is 402 g/mol. The van der Waals surface area contributed by atoms with Crippen molar-refractivity contribution in [1.82, 2.24) is 10.3 Å². The number of ketones is 1. The van der Waals surface area contributed by atoms with Gasteiger partial charge in [0.15, 0.2) is 5.78 Å². The Morgan fingerprint density at radius 2 is 1.87 bits per heavy atom. The van der Waals surface area contributed by atoms with E-state index in [1.807, 2.05) is 51.1 Å². The molecule has 0 saturated heterocycles. The first-order valence-corrected chi connectivity index (χ1v) is 10.4. The number of hydrogen-bond donors (Lipinski definition) is 2. The van der Waals surface area contributed by atoms with E-state index in [0.717, 1.165) is 40.1 Å². The van der Waals surface area contributed by atoms with Crippen LogP contribution in [0, 0.1) is 19.8 Å². The third kappa shape index (κ3) is 3.67. The van der Waals surface area contributed by atoms with E-state index in [2.05, 4.69) is 22.5 Å². The Morgan fingerprint density at radius 1 is 1.10 bits per heavy atom. The molecule has 30 heavy (non-hydrogen) atoms. The lowest BCUT2D eigenvalue weighted by atomic mass is 9.72. The molecule has 1 amide bonds. The summed E-state index contributed by atoms with van der Waals surface area (Å²) in [6.45, 7) is 7.99. The Morgan fingerprint density at radius 3 is 2.57 bits per heavy atom. The summed E-state index contributed by atoms with van der Waals surface area (Å²) in [6, 6.07) is 11.7. The van der Waals surface area contributed by atoms with Crippen molar-refractivity contribution in [1.29, 1.82) is 0 Å². The van der Waals surface area contributed by atoms with Crippen LogP contribution in [0.25, 0.3) is 0 Å². The Bertz CT molecular complexity index is 1080. The van der Waals surface area contributed by atoms with Crippen molar-refractivity contribution in [2.75, 3.05) is 5.32 Å². The molecule has 2 aliphatic rings. The molecular weight excluding hydrogens is 374 g/mol. The van der Waals surface area contributed by atoms with Gasteiger partial charge in [0.1, 0.15) is 5.82 Å². The van der Waals surface area contributed by atoms with Gasteiger partial charge in [-0.3, -0.25) is 9.59 Å². The van der Waals surface area contributed by atoms with Gasteiger partial charge in [-0.15, -0.1) is 0 Å². The summed E-state index contributed by atoms with van der Waals surface area (Å²) >= 11 is 0. The second kappa shape index (κ2) is 7.90.